The Labute approximate surface area is 114 Å². The molecule has 0 saturated carbocycles. The van der Waals surface area contributed by atoms with Crippen LogP contribution in [-0.4, -0.2) is 43.9 Å². The Balaban J connectivity index is 2.14. The van der Waals surface area contributed by atoms with Crippen molar-refractivity contribution in [2.24, 2.45) is 0 Å². The molecule has 2 aromatic rings. The number of nitrogens with zero attached hydrogens (tertiary/aromatic N) is 4. The first-order valence-corrected chi connectivity index (χ1v) is 6.86. The van der Waals surface area contributed by atoms with Crippen molar-refractivity contribution in [3.8, 4) is 5.69 Å². The lowest BCUT2D eigenvalue weighted by Crippen LogP contribution is -2.35. The van der Waals surface area contributed by atoms with Gasteiger partial charge in [-0.2, -0.15) is 4.68 Å². The highest BCUT2D eigenvalue weighted by molar-refractivity contribution is 7.12. The van der Waals surface area contributed by atoms with Gasteiger partial charge < -0.3 is 10.4 Å². The Hall–Kier alpha value is -1.80. The first-order chi connectivity index (χ1) is 9.26. The quantitative estimate of drug-likeness (QED) is 0.809. The summed E-state index contributed by atoms with van der Waals surface area (Å²) in [6.07, 6.45) is 2.77. The minimum absolute atomic E-state index is 0.0266. The number of nitrogens with one attached hydrogen (secondary N) is 1. The van der Waals surface area contributed by atoms with E-state index in [1.54, 1.807) is 6.07 Å². The Morgan fingerprint density at radius 2 is 2.47 bits per heavy atom. The maximum absolute atomic E-state index is 12.2. The molecule has 1 amide bonds. The Morgan fingerprint density at radius 3 is 3.11 bits per heavy atom. The van der Waals surface area contributed by atoms with Gasteiger partial charge in [0.15, 0.2) is 0 Å². The van der Waals surface area contributed by atoms with Gasteiger partial charge >= 0.3 is 0 Å². The molecular formula is C11H15N5O2S. The standard InChI is InChI=1S/C11H15N5O2S/c1-2-8(3-5-17)13-11(18)10-9(4-6-19-10)16-7-12-14-15-16/h4,6-8,17H,2-3,5H2,1H3,(H,13,18). The molecule has 0 saturated heterocycles. The molecule has 1 unspecified atom stereocenters. The van der Waals surface area contributed by atoms with Crippen molar-refractivity contribution < 1.29 is 9.90 Å². The zero-order valence-corrected chi connectivity index (χ0v) is 11.3. The second-order valence-corrected chi connectivity index (χ2v) is 4.90. The maximum atomic E-state index is 12.2. The largest absolute Gasteiger partial charge is 0.396 e. The van der Waals surface area contributed by atoms with Gasteiger partial charge in [0.05, 0.1) is 5.69 Å². The number of carbonyl (C=O) groups excluding carboxylic acids is 1. The average Bonchev–Trinajstić information content (AvgIpc) is 3.07. The van der Waals surface area contributed by atoms with Crippen LogP contribution in [0.5, 0.6) is 0 Å². The van der Waals surface area contributed by atoms with E-state index in [9.17, 15) is 4.79 Å². The van der Waals surface area contributed by atoms with E-state index in [0.29, 0.717) is 17.0 Å². The topological polar surface area (TPSA) is 92.9 Å². The highest BCUT2D eigenvalue weighted by atomic mass is 32.1. The predicted molar refractivity (Wildman–Crippen MR) is 70.3 cm³/mol. The van der Waals surface area contributed by atoms with Crippen molar-refractivity contribution in [1.82, 2.24) is 25.5 Å². The van der Waals surface area contributed by atoms with Gasteiger partial charge in [-0.15, -0.1) is 16.4 Å². The minimum atomic E-state index is -0.166. The maximum Gasteiger partial charge on any atom is 0.263 e. The second kappa shape index (κ2) is 6.39. The third-order valence-electron chi connectivity index (χ3n) is 2.75. The third kappa shape index (κ3) is 3.15. The van der Waals surface area contributed by atoms with Gasteiger partial charge in [0.2, 0.25) is 0 Å². The number of tetrazole rings is 1. The van der Waals surface area contributed by atoms with Gasteiger partial charge in [0.25, 0.3) is 5.91 Å². The molecule has 2 rings (SSSR count). The number of hydrogen-bond donors (Lipinski definition) is 2. The van der Waals surface area contributed by atoms with Crippen LogP contribution in [0, 0.1) is 0 Å². The number of thiophene rings is 1. The lowest BCUT2D eigenvalue weighted by atomic mass is 10.1. The summed E-state index contributed by atoms with van der Waals surface area (Å²) in [5, 5.41) is 24.6. The monoisotopic (exact) mass is 281 g/mol. The first-order valence-electron chi connectivity index (χ1n) is 5.98. The number of aromatic nitrogens is 4. The molecule has 2 heterocycles. The van der Waals surface area contributed by atoms with Crippen LogP contribution < -0.4 is 5.32 Å². The second-order valence-electron chi connectivity index (χ2n) is 3.98. The Morgan fingerprint density at radius 1 is 1.63 bits per heavy atom. The smallest absolute Gasteiger partial charge is 0.263 e. The van der Waals surface area contributed by atoms with Gasteiger partial charge in [-0.05, 0) is 34.7 Å². The summed E-state index contributed by atoms with van der Waals surface area (Å²) in [4.78, 5) is 12.8. The fourth-order valence-corrected chi connectivity index (χ4v) is 2.49. The molecule has 0 spiro atoms. The van der Waals surface area contributed by atoms with E-state index in [1.165, 1.54) is 22.3 Å². The fraction of sp³-hybridized carbons (Fsp3) is 0.455. The van der Waals surface area contributed by atoms with Gasteiger partial charge in [-0.1, -0.05) is 6.92 Å². The van der Waals surface area contributed by atoms with Crippen LogP contribution in [0.15, 0.2) is 17.8 Å². The number of aliphatic hydroxyl groups excluding tert-OH is 1. The Bertz CT molecular complexity index is 525. The summed E-state index contributed by atoms with van der Waals surface area (Å²) in [7, 11) is 0. The summed E-state index contributed by atoms with van der Waals surface area (Å²) in [6, 6.07) is 1.77. The van der Waals surface area contributed by atoms with Gasteiger partial charge in [0.1, 0.15) is 11.2 Å². The van der Waals surface area contributed by atoms with E-state index in [2.05, 4.69) is 20.8 Å². The molecule has 0 aliphatic carbocycles. The lowest BCUT2D eigenvalue weighted by molar-refractivity contribution is 0.0933. The predicted octanol–water partition coefficient (Wildman–Crippen LogP) is 0.615. The lowest BCUT2D eigenvalue weighted by Gasteiger charge is -2.15. The van der Waals surface area contributed by atoms with Crippen molar-refractivity contribution in [2.75, 3.05) is 6.61 Å². The molecule has 0 aliphatic rings. The molecule has 1 atom stereocenters. The summed E-state index contributed by atoms with van der Waals surface area (Å²) >= 11 is 1.34. The van der Waals surface area contributed by atoms with Crippen LogP contribution in [0.3, 0.4) is 0 Å². The minimum Gasteiger partial charge on any atom is -0.396 e. The third-order valence-corrected chi connectivity index (χ3v) is 3.65. The van der Waals surface area contributed by atoms with Crippen LogP contribution in [-0.2, 0) is 0 Å². The van der Waals surface area contributed by atoms with Crippen molar-refractivity contribution in [3.05, 3.63) is 22.7 Å². The highest BCUT2D eigenvalue weighted by Gasteiger charge is 2.18. The highest BCUT2D eigenvalue weighted by Crippen LogP contribution is 2.20. The normalized spacial score (nSPS) is 12.3. The van der Waals surface area contributed by atoms with Crippen molar-refractivity contribution in [1.29, 1.82) is 0 Å². The molecule has 2 N–H and O–H groups in total. The SMILES string of the molecule is CCC(CCO)NC(=O)c1sccc1-n1cnnn1. The summed E-state index contributed by atoms with van der Waals surface area (Å²) in [6.45, 7) is 2.03. The number of aliphatic hydroxyl groups is 1. The summed E-state index contributed by atoms with van der Waals surface area (Å²) < 4.78 is 1.46. The van der Waals surface area contributed by atoms with E-state index >= 15 is 0 Å². The van der Waals surface area contributed by atoms with Gasteiger partial charge in [-0.3, -0.25) is 4.79 Å². The molecule has 102 valence electrons. The number of hydrogen-bond acceptors (Lipinski definition) is 6. The molecule has 8 heteroatoms. The summed E-state index contributed by atoms with van der Waals surface area (Å²) in [5.74, 6) is -0.166. The van der Waals surface area contributed by atoms with E-state index in [4.69, 9.17) is 5.11 Å². The molecule has 0 radical (unpaired) electrons. The van der Waals surface area contributed by atoms with E-state index in [0.717, 1.165) is 6.42 Å². The molecule has 2 aromatic heterocycles. The number of rotatable bonds is 6. The molecule has 0 fully saturated rings. The van der Waals surface area contributed by atoms with Crippen LogP contribution >= 0.6 is 11.3 Å². The van der Waals surface area contributed by atoms with Gasteiger partial charge in [0, 0.05) is 12.6 Å². The Kier molecular flexibility index (Phi) is 4.58. The van der Waals surface area contributed by atoms with Crippen LogP contribution in [0.1, 0.15) is 29.4 Å². The van der Waals surface area contributed by atoms with E-state index < -0.39 is 0 Å². The van der Waals surface area contributed by atoms with Crippen molar-refractivity contribution in [2.45, 2.75) is 25.8 Å². The first kappa shape index (κ1) is 13.6. The van der Waals surface area contributed by atoms with Gasteiger partial charge in [-0.25, -0.2) is 0 Å². The number of amides is 1. The molecule has 0 aliphatic heterocycles. The van der Waals surface area contributed by atoms with Crippen molar-refractivity contribution in [3.63, 3.8) is 0 Å². The molecular weight excluding hydrogens is 266 g/mol. The summed E-state index contributed by atoms with van der Waals surface area (Å²) in [5.41, 5.74) is 0.659. The molecule has 0 bridgehead atoms. The molecule has 7 nitrogen and oxygen atoms in total. The molecule has 0 aromatic carbocycles. The van der Waals surface area contributed by atoms with Crippen LogP contribution in [0.4, 0.5) is 0 Å². The number of carbonyl (C=O) groups is 1. The van der Waals surface area contributed by atoms with E-state index in [1.807, 2.05) is 12.3 Å². The molecule has 19 heavy (non-hydrogen) atoms. The van der Waals surface area contributed by atoms with Crippen LogP contribution in [0.25, 0.3) is 5.69 Å². The van der Waals surface area contributed by atoms with E-state index in [-0.39, 0.29) is 18.6 Å². The zero-order valence-electron chi connectivity index (χ0n) is 10.5. The van der Waals surface area contributed by atoms with Crippen LogP contribution in [0.2, 0.25) is 0 Å². The average molecular weight is 281 g/mol. The fourth-order valence-electron chi connectivity index (χ4n) is 1.71. The van der Waals surface area contributed by atoms with Crippen molar-refractivity contribution >= 4 is 17.2 Å². The zero-order chi connectivity index (χ0) is 13.7.